The molecule has 0 bridgehead atoms. The number of carbonyl (C=O) groups excluding carboxylic acids is 1. The van der Waals surface area contributed by atoms with Crippen LogP contribution in [-0.2, 0) is 11.8 Å². The highest BCUT2D eigenvalue weighted by Gasteiger charge is 2.34. The van der Waals surface area contributed by atoms with Crippen molar-refractivity contribution >= 4 is 11.7 Å². The highest BCUT2D eigenvalue weighted by atomic mass is 19.4. The number of halogens is 3. The van der Waals surface area contributed by atoms with E-state index < -0.39 is 18.6 Å². The molecule has 3 rings (SSSR count). The number of alkyl halides is 3. The number of pyridine rings is 1. The maximum atomic E-state index is 12.6. The number of aryl methyl sites for hydroxylation is 1. The van der Waals surface area contributed by atoms with E-state index in [1.54, 1.807) is 29.2 Å². The van der Waals surface area contributed by atoms with Gasteiger partial charge in [-0.1, -0.05) is 0 Å². The summed E-state index contributed by atoms with van der Waals surface area (Å²) in [5.74, 6) is -0.396. The van der Waals surface area contributed by atoms with Gasteiger partial charge in [0.1, 0.15) is 5.82 Å². The minimum Gasteiger partial charge on any atom is -0.310 e. The Balaban J connectivity index is 1.64. The molecule has 1 aliphatic heterocycles. The smallest absolute Gasteiger partial charge is 0.310 e. The summed E-state index contributed by atoms with van der Waals surface area (Å²) in [5, 5.41) is 6.83. The molecule has 1 fully saturated rings. The second-order valence-corrected chi connectivity index (χ2v) is 6.51. The van der Waals surface area contributed by atoms with Crippen LogP contribution in [0.25, 0.3) is 11.1 Å². The summed E-state index contributed by atoms with van der Waals surface area (Å²) >= 11 is 0. The molecule has 6 nitrogen and oxygen atoms in total. The van der Waals surface area contributed by atoms with E-state index in [-0.39, 0.29) is 12.5 Å². The summed E-state index contributed by atoms with van der Waals surface area (Å²) < 4.78 is 39.4. The van der Waals surface area contributed by atoms with Gasteiger partial charge in [-0.3, -0.25) is 14.4 Å². The van der Waals surface area contributed by atoms with Crippen molar-refractivity contribution in [1.82, 2.24) is 19.7 Å². The van der Waals surface area contributed by atoms with Crippen molar-refractivity contribution in [2.24, 2.45) is 13.0 Å². The van der Waals surface area contributed by atoms with Crippen LogP contribution < -0.4 is 5.32 Å². The summed E-state index contributed by atoms with van der Waals surface area (Å²) in [6.07, 6.45) is 2.01. The van der Waals surface area contributed by atoms with E-state index in [0.29, 0.717) is 25.2 Å². The molecule has 0 radical (unpaired) electrons. The van der Waals surface area contributed by atoms with Gasteiger partial charge in [0.05, 0.1) is 18.7 Å². The molecular formula is C17H20F3N5O. The highest BCUT2D eigenvalue weighted by Crippen LogP contribution is 2.24. The number of nitrogens with zero attached hydrogens (tertiary/aromatic N) is 4. The molecule has 0 spiro atoms. The summed E-state index contributed by atoms with van der Waals surface area (Å²) in [5.41, 5.74) is 1.74. The van der Waals surface area contributed by atoms with Crippen molar-refractivity contribution in [2.75, 3.05) is 25.0 Å². The zero-order chi connectivity index (χ0) is 18.7. The van der Waals surface area contributed by atoms with Gasteiger partial charge in [-0.25, -0.2) is 4.98 Å². The van der Waals surface area contributed by atoms with Crippen LogP contribution in [0.5, 0.6) is 0 Å². The van der Waals surface area contributed by atoms with Crippen LogP contribution in [-0.4, -0.2) is 51.4 Å². The van der Waals surface area contributed by atoms with E-state index in [4.69, 9.17) is 0 Å². The Labute approximate surface area is 149 Å². The van der Waals surface area contributed by atoms with Crippen LogP contribution in [0.3, 0.4) is 0 Å². The molecule has 2 aromatic rings. The molecule has 26 heavy (non-hydrogen) atoms. The SMILES string of the molecule is Cn1cc(-c2ccnc(NC(=O)C3CCCN(CC(F)(F)F)C3)c2)cn1. The maximum absolute atomic E-state index is 12.6. The van der Waals surface area contributed by atoms with Gasteiger partial charge in [0.15, 0.2) is 0 Å². The molecular weight excluding hydrogens is 347 g/mol. The van der Waals surface area contributed by atoms with Gasteiger partial charge in [-0.2, -0.15) is 18.3 Å². The van der Waals surface area contributed by atoms with Crippen molar-refractivity contribution in [1.29, 1.82) is 0 Å². The van der Waals surface area contributed by atoms with Crippen molar-refractivity contribution < 1.29 is 18.0 Å². The average molecular weight is 367 g/mol. The Hall–Kier alpha value is -2.42. The first-order chi connectivity index (χ1) is 12.3. The van der Waals surface area contributed by atoms with E-state index in [1.165, 1.54) is 4.90 Å². The number of amides is 1. The van der Waals surface area contributed by atoms with E-state index >= 15 is 0 Å². The number of carbonyl (C=O) groups is 1. The number of likely N-dealkylation sites (tertiary alicyclic amines) is 1. The fourth-order valence-corrected chi connectivity index (χ4v) is 3.14. The lowest BCUT2D eigenvalue weighted by atomic mass is 9.97. The summed E-state index contributed by atoms with van der Waals surface area (Å²) in [6.45, 7) is -0.517. The Morgan fingerprint density at radius 1 is 1.38 bits per heavy atom. The number of nitrogens with one attached hydrogen (secondary N) is 1. The number of hydrogen-bond donors (Lipinski definition) is 1. The van der Waals surface area contributed by atoms with Crippen LogP contribution in [0.2, 0.25) is 0 Å². The van der Waals surface area contributed by atoms with E-state index in [2.05, 4.69) is 15.4 Å². The molecule has 0 saturated carbocycles. The van der Waals surface area contributed by atoms with Crippen molar-refractivity contribution in [3.05, 3.63) is 30.7 Å². The Morgan fingerprint density at radius 3 is 2.88 bits per heavy atom. The zero-order valence-electron chi connectivity index (χ0n) is 14.3. The van der Waals surface area contributed by atoms with Crippen LogP contribution in [0.4, 0.5) is 19.0 Å². The van der Waals surface area contributed by atoms with Gasteiger partial charge in [0, 0.05) is 31.5 Å². The van der Waals surface area contributed by atoms with Crippen LogP contribution in [0.15, 0.2) is 30.7 Å². The first-order valence-corrected chi connectivity index (χ1v) is 8.35. The first kappa shape index (κ1) is 18.4. The Kier molecular flexibility index (Phi) is 5.26. The van der Waals surface area contributed by atoms with E-state index in [0.717, 1.165) is 11.1 Å². The fourth-order valence-electron chi connectivity index (χ4n) is 3.14. The Morgan fingerprint density at radius 2 is 2.19 bits per heavy atom. The van der Waals surface area contributed by atoms with Crippen molar-refractivity contribution in [3.63, 3.8) is 0 Å². The number of rotatable bonds is 4. The van der Waals surface area contributed by atoms with Crippen molar-refractivity contribution in [2.45, 2.75) is 19.0 Å². The topological polar surface area (TPSA) is 63.1 Å². The molecule has 1 unspecified atom stereocenters. The predicted molar refractivity (Wildman–Crippen MR) is 90.3 cm³/mol. The van der Waals surface area contributed by atoms with E-state index in [1.807, 2.05) is 13.2 Å². The Bertz CT molecular complexity index is 774. The third-order valence-corrected chi connectivity index (χ3v) is 4.33. The summed E-state index contributed by atoms with van der Waals surface area (Å²) in [6, 6.07) is 3.53. The quantitative estimate of drug-likeness (QED) is 0.903. The number of anilines is 1. The molecule has 1 amide bonds. The largest absolute Gasteiger partial charge is 0.401 e. The second-order valence-electron chi connectivity index (χ2n) is 6.51. The minimum absolute atomic E-state index is 0.105. The molecule has 1 saturated heterocycles. The van der Waals surface area contributed by atoms with Gasteiger partial charge in [-0.15, -0.1) is 0 Å². The zero-order valence-corrected chi connectivity index (χ0v) is 14.3. The normalized spacial score (nSPS) is 18.7. The summed E-state index contributed by atoms with van der Waals surface area (Å²) in [7, 11) is 1.81. The molecule has 0 aromatic carbocycles. The third kappa shape index (κ3) is 4.81. The highest BCUT2D eigenvalue weighted by molar-refractivity contribution is 5.92. The molecule has 1 aliphatic rings. The lowest BCUT2D eigenvalue weighted by Crippen LogP contribution is -2.44. The maximum Gasteiger partial charge on any atom is 0.401 e. The van der Waals surface area contributed by atoms with Gasteiger partial charge < -0.3 is 5.32 Å². The van der Waals surface area contributed by atoms with E-state index in [9.17, 15) is 18.0 Å². The standard InChI is InChI=1S/C17H20F3N5O/c1-24-9-14(8-22-24)12-4-5-21-15(7-12)23-16(26)13-3-2-6-25(10-13)11-17(18,19)20/h4-5,7-9,13H,2-3,6,10-11H2,1H3,(H,21,23,26). The lowest BCUT2D eigenvalue weighted by molar-refractivity contribution is -0.151. The monoisotopic (exact) mass is 367 g/mol. The van der Waals surface area contributed by atoms with Crippen LogP contribution in [0.1, 0.15) is 12.8 Å². The molecule has 1 N–H and O–H groups in total. The lowest BCUT2D eigenvalue weighted by Gasteiger charge is -2.32. The van der Waals surface area contributed by atoms with Gasteiger partial charge in [0.2, 0.25) is 5.91 Å². The number of hydrogen-bond acceptors (Lipinski definition) is 4. The van der Waals surface area contributed by atoms with Crippen molar-refractivity contribution in [3.8, 4) is 11.1 Å². The number of piperidine rings is 1. The molecule has 0 aliphatic carbocycles. The fraction of sp³-hybridized carbons (Fsp3) is 0.471. The van der Waals surface area contributed by atoms with Crippen LogP contribution in [0, 0.1) is 5.92 Å². The predicted octanol–water partition coefficient (Wildman–Crippen LogP) is 2.69. The van der Waals surface area contributed by atoms with Crippen LogP contribution >= 0.6 is 0 Å². The summed E-state index contributed by atoms with van der Waals surface area (Å²) in [4.78, 5) is 17.9. The van der Waals surface area contributed by atoms with Gasteiger partial charge in [-0.05, 0) is 37.1 Å². The molecule has 9 heteroatoms. The third-order valence-electron chi connectivity index (χ3n) is 4.33. The average Bonchev–Trinajstić information content (AvgIpc) is 3.00. The molecule has 3 heterocycles. The van der Waals surface area contributed by atoms with Gasteiger partial charge >= 0.3 is 6.18 Å². The van der Waals surface area contributed by atoms with Gasteiger partial charge in [0.25, 0.3) is 0 Å². The second kappa shape index (κ2) is 7.45. The molecule has 1 atom stereocenters. The molecule has 2 aromatic heterocycles. The minimum atomic E-state index is -4.25. The number of aromatic nitrogens is 3. The first-order valence-electron chi connectivity index (χ1n) is 8.35. The molecule has 140 valence electrons.